The van der Waals surface area contributed by atoms with Crippen LogP contribution in [-0.2, 0) is 27.6 Å². The highest BCUT2D eigenvalue weighted by Crippen LogP contribution is 2.37. The van der Waals surface area contributed by atoms with Gasteiger partial charge in [-0.05, 0) is 42.5 Å². The van der Waals surface area contributed by atoms with Gasteiger partial charge in [0.25, 0.3) is 5.92 Å². The van der Waals surface area contributed by atoms with Crippen LogP contribution < -0.4 is 4.74 Å². The van der Waals surface area contributed by atoms with Gasteiger partial charge < -0.3 is 14.9 Å². The summed E-state index contributed by atoms with van der Waals surface area (Å²) in [6, 6.07) is 2.84. The molecule has 1 saturated heterocycles. The molecule has 0 amide bonds. The molecule has 186 valence electrons. The van der Waals surface area contributed by atoms with Gasteiger partial charge in [-0.2, -0.15) is 17.5 Å². The molecule has 2 unspecified atom stereocenters. The summed E-state index contributed by atoms with van der Waals surface area (Å²) in [6.07, 6.45) is -7.81. The minimum atomic E-state index is -4.82. The zero-order valence-electron chi connectivity index (χ0n) is 17.0. The third-order valence-electron chi connectivity index (χ3n) is 5.02. The van der Waals surface area contributed by atoms with Crippen LogP contribution in [0.1, 0.15) is 17.5 Å². The first-order valence-corrected chi connectivity index (χ1v) is 11.0. The van der Waals surface area contributed by atoms with Crippen molar-refractivity contribution in [3.05, 3.63) is 59.4 Å². The zero-order valence-corrected chi connectivity index (χ0v) is 17.8. The highest BCUT2D eigenvalue weighted by atomic mass is 32.2. The molecule has 2 aromatic carbocycles. The van der Waals surface area contributed by atoms with Gasteiger partial charge in [-0.3, -0.25) is 4.79 Å². The van der Waals surface area contributed by atoms with Gasteiger partial charge in [0.1, 0.15) is 18.2 Å². The predicted octanol–water partition coefficient (Wildman–Crippen LogP) is 3.27. The van der Waals surface area contributed by atoms with E-state index in [1.807, 2.05) is 0 Å². The highest BCUT2D eigenvalue weighted by Gasteiger charge is 2.57. The number of carboxylic acids is 1. The lowest BCUT2D eigenvalue weighted by atomic mass is 9.98. The first-order valence-electron chi connectivity index (χ1n) is 9.52. The van der Waals surface area contributed by atoms with E-state index in [0.717, 1.165) is 24.3 Å². The minimum Gasteiger partial charge on any atom is -0.489 e. The summed E-state index contributed by atoms with van der Waals surface area (Å²) in [5.74, 6) is -7.20. The lowest BCUT2D eigenvalue weighted by molar-refractivity contribution is -0.169. The smallest absolute Gasteiger partial charge is 0.416 e. The van der Waals surface area contributed by atoms with Crippen LogP contribution in [0.3, 0.4) is 0 Å². The Balaban J connectivity index is 1.83. The molecule has 1 aliphatic rings. The molecule has 0 spiro atoms. The Labute approximate surface area is 189 Å². The van der Waals surface area contributed by atoms with E-state index in [1.54, 1.807) is 0 Å². The SMILES string of the molecule is O=C(O)C1N(S(=O)(=O)c2ccc(OCc3cc(F)ccc3C(F)(F)F)cc2)CC(O)CC1(F)F. The maximum Gasteiger partial charge on any atom is 0.416 e. The van der Waals surface area contributed by atoms with E-state index in [0.29, 0.717) is 18.2 Å². The average molecular weight is 513 g/mol. The van der Waals surface area contributed by atoms with Crippen molar-refractivity contribution in [1.82, 2.24) is 4.31 Å². The van der Waals surface area contributed by atoms with E-state index < -0.39 is 81.6 Å². The first-order chi connectivity index (χ1) is 15.6. The normalized spacial score (nSPS) is 21.3. The summed E-state index contributed by atoms with van der Waals surface area (Å²) in [5, 5.41) is 18.8. The Morgan fingerprint density at radius 3 is 2.32 bits per heavy atom. The maximum absolute atomic E-state index is 14.2. The fourth-order valence-electron chi connectivity index (χ4n) is 3.52. The summed E-state index contributed by atoms with van der Waals surface area (Å²) >= 11 is 0. The van der Waals surface area contributed by atoms with Gasteiger partial charge in [0.2, 0.25) is 10.0 Å². The van der Waals surface area contributed by atoms with Crippen LogP contribution in [0, 0.1) is 5.82 Å². The lowest BCUT2D eigenvalue weighted by Crippen LogP contribution is -2.61. The van der Waals surface area contributed by atoms with Gasteiger partial charge in [-0.15, -0.1) is 0 Å². The Morgan fingerprint density at radius 1 is 1.15 bits per heavy atom. The summed E-state index contributed by atoms with van der Waals surface area (Å²) in [5.41, 5.74) is -1.64. The Bertz CT molecular complexity index is 1170. The van der Waals surface area contributed by atoms with Crippen molar-refractivity contribution in [2.24, 2.45) is 0 Å². The van der Waals surface area contributed by atoms with Crippen molar-refractivity contribution in [1.29, 1.82) is 0 Å². The first kappa shape index (κ1) is 25.8. The second-order valence-electron chi connectivity index (χ2n) is 7.49. The average Bonchev–Trinajstić information content (AvgIpc) is 2.70. The van der Waals surface area contributed by atoms with Crippen LogP contribution in [0.5, 0.6) is 5.75 Å². The predicted molar refractivity (Wildman–Crippen MR) is 103 cm³/mol. The molecule has 0 saturated carbocycles. The van der Waals surface area contributed by atoms with Gasteiger partial charge >= 0.3 is 12.1 Å². The number of aliphatic hydroxyl groups excluding tert-OH is 1. The van der Waals surface area contributed by atoms with Gasteiger partial charge in [0.05, 0.1) is 16.6 Å². The quantitative estimate of drug-likeness (QED) is 0.575. The van der Waals surface area contributed by atoms with Gasteiger partial charge in [-0.1, -0.05) is 0 Å². The molecule has 0 aromatic heterocycles. The number of β-amino-alcohol motifs (C(OH)–C–C–N with tert-alkyl or cyclic N) is 1. The second kappa shape index (κ2) is 9.07. The van der Waals surface area contributed by atoms with Gasteiger partial charge in [0, 0.05) is 18.5 Å². The van der Waals surface area contributed by atoms with Crippen molar-refractivity contribution in [3.63, 3.8) is 0 Å². The minimum absolute atomic E-state index is 0.0122. The molecule has 0 bridgehead atoms. The fraction of sp³-hybridized carbons (Fsp3) is 0.350. The van der Waals surface area contributed by atoms with Crippen molar-refractivity contribution in [2.75, 3.05) is 6.54 Å². The van der Waals surface area contributed by atoms with Crippen molar-refractivity contribution < 1.29 is 54.5 Å². The number of aliphatic hydroxyl groups is 1. The van der Waals surface area contributed by atoms with Gasteiger partial charge in [-0.25, -0.2) is 21.6 Å². The molecule has 2 N–H and O–H groups in total. The van der Waals surface area contributed by atoms with Crippen molar-refractivity contribution >= 4 is 16.0 Å². The van der Waals surface area contributed by atoms with Crippen LogP contribution in [0.25, 0.3) is 0 Å². The molecule has 2 atom stereocenters. The van der Waals surface area contributed by atoms with Crippen LogP contribution in [0.15, 0.2) is 47.4 Å². The number of benzene rings is 2. The number of rotatable bonds is 6. The molecule has 14 heteroatoms. The third-order valence-corrected chi connectivity index (χ3v) is 6.86. The number of nitrogens with zero attached hydrogens (tertiary/aromatic N) is 1. The Kier molecular flexibility index (Phi) is 6.88. The standard InChI is InChI=1S/C20H17F6NO6S/c21-12-1-6-16(20(24,25)26)11(7-12)10-33-14-2-4-15(5-3-14)34(31,32)27-9-13(28)8-19(22,23)17(27)18(29)30/h1-7,13,17,28H,8-10H2,(H,29,30). The number of hydrogen-bond donors (Lipinski definition) is 2. The molecule has 2 aromatic rings. The summed E-state index contributed by atoms with van der Waals surface area (Å²) in [6.45, 7) is -1.60. The number of aliphatic carboxylic acids is 1. The van der Waals surface area contributed by atoms with Crippen LogP contribution >= 0.6 is 0 Å². The number of alkyl halides is 5. The van der Waals surface area contributed by atoms with Crippen molar-refractivity contribution in [2.45, 2.75) is 42.2 Å². The second-order valence-corrected chi connectivity index (χ2v) is 9.38. The molecule has 1 heterocycles. The van der Waals surface area contributed by atoms with E-state index in [9.17, 15) is 44.7 Å². The van der Waals surface area contributed by atoms with Crippen molar-refractivity contribution in [3.8, 4) is 5.75 Å². The number of ether oxygens (including phenoxy) is 1. The molecule has 3 rings (SSSR count). The van der Waals surface area contributed by atoms with E-state index >= 15 is 0 Å². The number of hydrogen-bond acceptors (Lipinski definition) is 5. The zero-order chi connectivity index (χ0) is 25.5. The molecule has 1 aliphatic heterocycles. The van der Waals surface area contributed by atoms with Crippen LogP contribution in [-0.4, -0.2) is 53.5 Å². The molecule has 0 radical (unpaired) electrons. The van der Waals surface area contributed by atoms with E-state index in [2.05, 4.69) is 0 Å². The highest BCUT2D eigenvalue weighted by molar-refractivity contribution is 7.89. The number of halogens is 6. The molecule has 1 fully saturated rings. The molecular formula is C20H17F6NO6S. The van der Waals surface area contributed by atoms with E-state index in [-0.39, 0.29) is 10.1 Å². The molecule has 7 nitrogen and oxygen atoms in total. The van der Waals surface area contributed by atoms with Crippen LogP contribution in [0.4, 0.5) is 26.3 Å². The Morgan fingerprint density at radius 2 is 1.76 bits per heavy atom. The monoisotopic (exact) mass is 513 g/mol. The fourth-order valence-corrected chi connectivity index (χ4v) is 5.16. The van der Waals surface area contributed by atoms with E-state index in [4.69, 9.17) is 9.84 Å². The molecule has 0 aliphatic carbocycles. The largest absolute Gasteiger partial charge is 0.489 e. The Hall–Kier alpha value is -2.84. The van der Waals surface area contributed by atoms with Gasteiger partial charge in [0.15, 0.2) is 6.04 Å². The number of carbonyl (C=O) groups is 1. The summed E-state index contributed by atoms with van der Waals surface area (Å²) < 4.78 is 112. The molecule has 34 heavy (non-hydrogen) atoms. The third kappa shape index (κ3) is 5.28. The topological polar surface area (TPSA) is 104 Å². The number of sulfonamides is 1. The maximum atomic E-state index is 14.2. The lowest BCUT2D eigenvalue weighted by Gasteiger charge is -2.39. The number of piperidine rings is 1. The van der Waals surface area contributed by atoms with E-state index in [1.165, 1.54) is 0 Å². The van der Waals surface area contributed by atoms with Crippen LogP contribution in [0.2, 0.25) is 0 Å². The number of carboxylic acid groups (broad SMARTS) is 1. The molecular weight excluding hydrogens is 496 g/mol. The summed E-state index contributed by atoms with van der Waals surface area (Å²) in [4.78, 5) is 10.8. The summed E-state index contributed by atoms with van der Waals surface area (Å²) in [7, 11) is -4.82.